The minimum absolute atomic E-state index is 0.252. The number of pyridine rings is 1. The molecule has 1 rings (SSSR count). The third-order valence-corrected chi connectivity index (χ3v) is 1.76. The van der Waals surface area contributed by atoms with Crippen molar-refractivity contribution in [2.24, 2.45) is 5.73 Å². The number of nitrogens with two attached hydrogens (primary N) is 1. The topological polar surface area (TPSA) is 65.2 Å². The van der Waals surface area contributed by atoms with Crippen LogP contribution in [0.15, 0.2) is 18.3 Å². The van der Waals surface area contributed by atoms with Gasteiger partial charge in [0.15, 0.2) is 6.61 Å². The van der Waals surface area contributed by atoms with Crippen LogP contribution in [0, 0.1) is 0 Å². The van der Waals surface area contributed by atoms with Crippen LogP contribution in [0.3, 0.4) is 0 Å². The van der Waals surface area contributed by atoms with Gasteiger partial charge in [0, 0.05) is 6.20 Å². The first-order chi connectivity index (χ1) is 7.84. The average Bonchev–Trinajstić information content (AvgIpc) is 2.26. The first-order valence-corrected chi connectivity index (χ1v) is 4.38. The molecule has 0 aromatic carbocycles. The zero-order valence-electron chi connectivity index (χ0n) is 8.37. The molecule has 0 saturated carbocycles. The Morgan fingerprint density at radius 2 is 2.18 bits per heavy atom. The highest BCUT2D eigenvalue weighted by atomic mass is 19.3. The third kappa shape index (κ3) is 3.30. The van der Waals surface area contributed by atoms with Crippen LogP contribution in [0.5, 0.6) is 5.88 Å². The molecular formula is C9H8F4N2O2. The van der Waals surface area contributed by atoms with E-state index in [1.807, 2.05) is 0 Å². The molecule has 0 spiro atoms. The summed E-state index contributed by atoms with van der Waals surface area (Å²) in [7, 11) is 0. The van der Waals surface area contributed by atoms with E-state index in [1.54, 1.807) is 0 Å². The lowest BCUT2D eigenvalue weighted by Crippen LogP contribution is -2.34. The molecule has 8 heteroatoms. The van der Waals surface area contributed by atoms with Gasteiger partial charge in [0.25, 0.3) is 5.91 Å². The maximum Gasteiger partial charge on any atom is 0.340 e. The Morgan fingerprint density at radius 3 is 2.71 bits per heavy atom. The second-order valence-electron chi connectivity index (χ2n) is 3.07. The Labute approximate surface area is 93.4 Å². The van der Waals surface area contributed by atoms with Gasteiger partial charge in [-0.3, -0.25) is 4.79 Å². The lowest BCUT2D eigenvalue weighted by Gasteiger charge is -2.16. The number of carbonyl (C=O) groups excluding carboxylic acids is 1. The summed E-state index contributed by atoms with van der Waals surface area (Å²) in [6.07, 6.45) is -2.70. The number of nitrogens with zero attached hydrogens (tertiary/aromatic N) is 1. The third-order valence-electron chi connectivity index (χ3n) is 1.76. The molecule has 0 aliphatic rings. The van der Waals surface area contributed by atoms with Gasteiger partial charge >= 0.3 is 12.3 Å². The molecule has 0 unspecified atom stereocenters. The van der Waals surface area contributed by atoms with Gasteiger partial charge in [0.05, 0.1) is 0 Å². The second-order valence-corrected chi connectivity index (χ2v) is 3.07. The number of halogens is 4. The fraction of sp³-hybridized carbons (Fsp3) is 0.333. The highest BCUT2D eigenvalue weighted by Gasteiger charge is 2.42. The number of alkyl halides is 4. The largest absolute Gasteiger partial charge is 0.470 e. The van der Waals surface area contributed by atoms with Crippen LogP contribution in [-0.4, -0.2) is 29.8 Å². The van der Waals surface area contributed by atoms with Crippen molar-refractivity contribution < 1.29 is 27.1 Å². The van der Waals surface area contributed by atoms with E-state index in [0.717, 1.165) is 6.20 Å². The van der Waals surface area contributed by atoms with E-state index in [0.29, 0.717) is 0 Å². The van der Waals surface area contributed by atoms with Crippen LogP contribution >= 0.6 is 0 Å². The minimum Gasteiger partial charge on any atom is -0.470 e. The molecule has 94 valence electrons. The summed E-state index contributed by atoms with van der Waals surface area (Å²) in [5.74, 6) is -5.76. The Hall–Kier alpha value is -1.86. The number of aromatic nitrogens is 1. The van der Waals surface area contributed by atoms with Crippen molar-refractivity contribution in [1.82, 2.24) is 4.98 Å². The monoisotopic (exact) mass is 252 g/mol. The summed E-state index contributed by atoms with van der Waals surface area (Å²) in [6.45, 7) is -1.58. The second kappa shape index (κ2) is 4.98. The van der Waals surface area contributed by atoms with Crippen LogP contribution in [-0.2, 0) is 0 Å². The molecule has 2 N–H and O–H groups in total. The SMILES string of the molecule is NC(=O)c1cccnc1OCC(F)(F)C(F)F. The number of amides is 1. The maximum atomic E-state index is 12.5. The van der Waals surface area contributed by atoms with Gasteiger partial charge in [-0.25, -0.2) is 13.8 Å². The van der Waals surface area contributed by atoms with Crippen LogP contribution < -0.4 is 10.5 Å². The Kier molecular flexibility index (Phi) is 3.87. The molecule has 17 heavy (non-hydrogen) atoms. The summed E-state index contributed by atoms with van der Waals surface area (Å²) in [6, 6.07) is 2.52. The van der Waals surface area contributed by atoms with Gasteiger partial charge in [-0.1, -0.05) is 0 Å². The quantitative estimate of drug-likeness (QED) is 0.807. The summed E-state index contributed by atoms with van der Waals surface area (Å²) >= 11 is 0. The number of rotatable bonds is 5. The fourth-order valence-electron chi connectivity index (χ4n) is 0.921. The highest BCUT2D eigenvalue weighted by Crippen LogP contribution is 2.24. The van der Waals surface area contributed by atoms with Crippen molar-refractivity contribution in [2.45, 2.75) is 12.3 Å². The Bertz CT molecular complexity index is 412. The Balaban J connectivity index is 2.79. The van der Waals surface area contributed by atoms with Crippen molar-refractivity contribution in [3.8, 4) is 5.88 Å². The molecule has 0 saturated heterocycles. The minimum atomic E-state index is -4.31. The molecule has 0 radical (unpaired) electrons. The molecule has 0 aliphatic carbocycles. The number of carbonyl (C=O) groups is 1. The van der Waals surface area contributed by atoms with Crippen molar-refractivity contribution in [3.63, 3.8) is 0 Å². The molecule has 0 aliphatic heterocycles. The zero-order valence-corrected chi connectivity index (χ0v) is 8.37. The number of ether oxygens (including phenoxy) is 1. The van der Waals surface area contributed by atoms with Crippen LogP contribution in [0.1, 0.15) is 10.4 Å². The summed E-state index contributed by atoms with van der Waals surface area (Å²) in [4.78, 5) is 14.3. The lowest BCUT2D eigenvalue weighted by molar-refractivity contribution is -0.148. The van der Waals surface area contributed by atoms with Gasteiger partial charge in [-0.05, 0) is 12.1 Å². The molecule has 1 aromatic heterocycles. The molecule has 0 bridgehead atoms. The van der Waals surface area contributed by atoms with E-state index < -0.39 is 30.7 Å². The standard InChI is InChI=1S/C9H8F4N2O2/c10-8(11)9(12,13)4-17-7-5(6(14)16)2-1-3-15-7/h1-3,8H,4H2,(H2,14,16). The van der Waals surface area contributed by atoms with Gasteiger partial charge in [-0.2, -0.15) is 8.78 Å². The van der Waals surface area contributed by atoms with E-state index in [9.17, 15) is 22.4 Å². The number of hydrogen-bond donors (Lipinski definition) is 1. The van der Waals surface area contributed by atoms with E-state index in [-0.39, 0.29) is 5.56 Å². The molecule has 1 aromatic rings. The maximum absolute atomic E-state index is 12.5. The lowest BCUT2D eigenvalue weighted by atomic mass is 10.2. The van der Waals surface area contributed by atoms with Gasteiger partial charge < -0.3 is 10.5 Å². The first kappa shape index (κ1) is 13.2. The molecular weight excluding hydrogens is 244 g/mol. The van der Waals surface area contributed by atoms with Crippen LogP contribution in [0.4, 0.5) is 17.6 Å². The summed E-state index contributed by atoms with van der Waals surface area (Å²) < 4.78 is 53.1. The van der Waals surface area contributed by atoms with E-state index in [2.05, 4.69) is 9.72 Å². The Morgan fingerprint density at radius 1 is 1.53 bits per heavy atom. The average molecular weight is 252 g/mol. The van der Waals surface area contributed by atoms with Gasteiger partial charge in [0.2, 0.25) is 5.88 Å². The molecule has 0 fully saturated rings. The van der Waals surface area contributed by atoms with Gasteiger partial charge in [0.1, 0.15) is 5.56 Å². The molecule has 4 nitrogen and oxygen atoms in total. The van der Waals surface area contributed by atoms with Crippen molar-refractivity contribution in [2.75, 3.05) is 6.61 Å². The van der Waals surface area contributed by atoms with Crippen molar-refractivity contribution >= 4 is 5.91 Å². The zero-order chi connectivity index (χ0) is 13.1. The van der Waals surface area contributed by atoms with E-state index in [4.69, 9.17) is 5.73 Å². The first-order valence-electron chi connectivity index (χ1n) is 4.38. The van der Waals surface area contributed by atoms with Crippen LogP contribution in [0.2, 0.25) is 0 Å². The number of hydrogen-bond acceptors (Lipinski definition) is 3. The molecule has 0 atom stereocenters. The van der Waals surface area contributed by atoms with E-state index >= 15 is 0 Å². The highest BCUT2D eigenvalue weighted by molar-refractivity contribution is 5.94. The fourth-order valence-corrected chi connectivity index (χ4v) is 0.921. The molecule has 1 heterocycles. The normalized spacial score (nSPS) is 11.6. The molecule has 1 amide bonds. The predicted molar refractivity (Wildman–Crippen MR) is 49.2 cm³/mol. The van der Waals surface area contributed by atoms with Crippen molar-refractivity contribution in [1.29, 1.82) is 0 Å². The van der Waals surface area contributed by atoms with Crippen LogP contribution in [0.25, 0.3) is 0 Å². The van der Waals surface area contributed by atoms with Crippen molar-refractivity contribution in [3.05, 3.63) is 23.9 Å². The van der Waals surface area contributed by atoms with Gasteiger partial charge in [-0.15, -0.1) is 0 Å². The predicted octanol–water partition coefficient (Wildman–Crippen LogP) is 1.46. The number of primary amides is 1. The van der Waals surface area contributed by atoms with E-state index in [1.165, 1.54) is 12.1 Å². The summed E-state index contributed by atoms with van der Waals surface area (Å²) in [5.41, 5.74) is 4.67. The smallest absolute Gasteiger partial charge is 0.340 e. The summed E-state index contributed by atoms with van der Waals surface area (Å²) in [5, 5.41) is 0.